The number of aromatic nitrogens is 1. The molecule has 4 heteroatoms. The van der Waals surface area contributed by atoms with Gasteiger partial charge in [0.1, 0.15) is 0 Å². The van der Waals surface area contributed by atoms with Gasteiger partial charge in [-0.25, -0.2) is 0 Å². The number of hydrogen-bond acceptors (Lipinski definition) is 3. The molecule has 1 fully saturated rings. The minimum atomic E-state index is -0.00186. The van der Waals surface area contributed by atoms with Crippen molar-refractivity contribution < 1.29 is 4.79 Å². The first kappa shape index (κ1) is 14.0. The number of nitrogens with zero attached hydrogens (tertiary/aromatic N) is 2. The summed E-state index contributed by atoms with van der Waals surface area (Å²) in [6.07, 6.45) is 6.66. The number of carbonyl (C=O) groups is 1. The molecule has 2 atom stereocenters. The lowest BCUT2D eigenvalue weighted by atomic mass is 10.00. The molecule has 104 valence electrons. The van der Waals surface area contributed by atoms with Crippen LogP contribution in [-0.4, -0.2) is 34.9 Å². The summed E-state index contributed by atoms with van der Waals surface area (Å²) in [4.78, 5) is 18.5. The molecule has 1 aliphatic heterocycles. The van der Waals surface area contributed by atoms with Crippen molar-refractivity contribution >= 4 is 5.91 Å². The average Bonchev–Trinajstić information content (AvgIpc) is 2.46. The lowest BCUT2D eigenvalue weighted by Crippen LogP contribution is -2.51. The predicted molar refractivity (Wildman–Crippen MR) is 75.7 cm³/mol. The predicted octanol–water partition coefficient (Wildman–Crippen LogP) is 2.13. The number of carbonyl (C=O) groups excluding carboxylic acids is 1. The van der Waals surface area contributed by atoms with E-state index >= 15 is 0 Å². The largest absolute Gasteiger partial charge is 0.335 e. The van der Waals surface area contributed by atoms with Crippen LogP contribution in [0.3, 0.4) is 0 Å². The van der Waals surface area contributed by atoms with Crippen molar-refractivity contribution in [3.63, 3.8) is 0 Å². The summed E-state index contributed by atoms with van der Waals surface area (Å²) >= 11 is 0. The molecular weight excluding hydrogens is 238 g/mol. The van der Waals surface area contributed by atoms with Crippen molar-refractivity contribution in [3.8, 4) is 0 Å². The molecule has 1 N–H and O–H groups in total. The van der Waals surface area contributed by atoms with Crippen LogP contribution in [0.5, 0.6) is 0 Å². The zero-order valence-electron chi connectivity index (χ0n) is 11.8. The Labute approximate surface area is 115 Å². The van der Waals surface area contributed by atoms with E-state index in [9.17, 15) is 4.79 Å². The Morgan fingerprint density at radius 2 is 2.21 bits per heavy atom. The fourth-order valence-corrected chi connectivity index (χ4v) is 2.61. The Morgan fingerprint density at radius 1 is 1.47 bits per heavy atom. The molecule has 2 heterocycles. The number of piperidine rings is 1. The number of hydrogen-bond donors (Lipinski definition) is 1. The molecule has 19 heavy (non-hydrogen) atoms. The highest BCUT2D eigenvalue weighted by Gasteiger charge is 2.31. The summed E-state index contributed by atoms with van der Waals surface area (Å²) in [5, 5.41) is 3.35. The Bertz CT molecular complexity index is 407. The molecular formula is C15H23N3O. The molecule has 0 aliphatic carbocycles. The van der Waals surface area contributed by atoms with Crippen molar-refractivity contribution in [1.29, 1.82) is 0 Å². The van der Waals surface area contributed by atoms with E-state index in [1.54, 1.807) is 12.4 Å². The van der Waals surface area contributed by atoms with Crippen LogP contribution in [0.2, 0.25) is 0 Å². The maximum absolute atomic E-state index is 12.5. The van der Waals surface area contributed by atoms with Gasteiger partial charge in [-0.2, -0.15) is 0 Å². The minimum absolute atomic E-state index is 0.00186. The Hall–Kier alpha value is -1.42. The van der Waals surface area contributed by atoms with Gasteiger partial charge in [-0.15, -0.1) is 0 Å². The molecule has 1 amide bonds. The van der Waals surface area contributed by atoms with Crippen LogP contribution in [0.4, 0.5) is 0 Å². The normalized spacial score (nSPS) is 21.5. The zero-order chi connectivity index (χ0) is 13.7. The van der Waals surface area contributed by atoms with Crippen molar-refractivity contribution in [3.05, 3.63) is 30.1 Å². The second-order valence-electron chi connectivity index (χ2n) is 5.14. The summed E-state index contributed by atoms with van der Waals surface area (Å²) < 4.78 is 0. The van der Waals surface area contributed by atoms with Crippen LogP contribution >= 0.6 is 0 Å². The van der Waals surface area contributed by atoms with Gasteiger partial charge in [0.2, 0.25) is 5.91 Å². The molecule has 1 saturated heterocycles. The first-order valence-electron chi connectivity index (χ1n) is 7.17. The lowest BCUT2D eigenvalue weighted by molar-refractivity contribution is -0.138. The molecule has 1 aromatic heterocycles. The van der Waals surface area contributed by atoms with E-state index in [0.29, 0.717) is 0 Å². The molecule has 0 spiro atoms. The molecule has 1 aromatic rings. The molecule has 1 aliphatic rings. The Morgan fingerprint density at radius 3 is 2.89 bits per heavy atom. The maximum atomic E-state index is 12.5. The van der Waals surface area contributed by atoms with Crippen molar-refractivity contribution in [2.45, 2.75) is 45.2 Å². The molecule has 2 unspecified atom stereocenters. The van der Waals surface area contributed by atoms with Gasteiger partial charge in [-0.3, -0.25) is 9.78 Å². The first-order chi connectivity index (χ1) is 9.24. The van der Waals surface area contributed by atoms with Crippen molar-refractivity contribution in [2.24, 2.45) is 0 Å². The number of rotatable bonds is 5. The van der Waals surface area contributed by atoms with Crippen LogP contribution in [0.15, 0.2) is 24.5 Å². The van der Waals surface area contributed by atoms with Gasteiger partial charge in [0.05, 0.1) is 12.1 Å². The van der Waals surface area contributed by atoms with Gasteiger partial charge >= 0.3 is 0 Å². The molecule has 0 saturated carbocycles. The van der Waals surface area contributed by atoms with Gasteiger partial charge < -0.3 is 10.2 Å². The van der Waals surface area contributed by atoms with Gasteiger partial charge in [-0.1, -0.05) is 6.92 Å². The number of nitrogens with one attached hydrogen (secondary N) is 1. The van der Waals surface area contributed by atoms with E-state index in [2.05, 4.69) is 24.1 Å². The highest BCUT2D eigenvalue weighted by atomic mass is 16.2. The standard InChI is InChI=1S/C15H23N3O/c1-3-8-17-14-5-4-11-18(15(14)19)12(2)13-6-9-16-10-7-13/h6-7,9-10,12,14,17H,3-5,8,11H2,1-2H3. The monoisotopic (exact) mass is 261 g/mol. The Balaban J connectivity index is 2.05. The van der Waals surface area contributed by atoms with Crippen LogP contribution < -0.4 is 5.32 Å². The van der Waals surface area contributed by atoms with E-state index in [1.165, 1.54) is 0 Å². The number of pyridine rings is 1. The second kappa shape index (κ2) is 6.66. The van der Waals surface area contributed by atoms with Crippen LogP contribution in [0.1, 0.15) is 44.7 Å². The van der Waals surface area contributed by atoms with Gasteiger partial charge in [0, 0.05) is 18.9 Å². The van der Waals surface area contributed by atoms with E-state index in [0.717, 1.165) is 37.9 Å². The van der Waals surface area contributed by atoms with Gasteiger partial charge in [-0.05, 0) is 50.4 Å². The summed E-state index contributed by atoms with van der Waals surface area (Å²) in [7, 11) is 0. The molecule has 0 radical (unpaired) electrons. The summed E-state index contributed by atoms with van der Waals surface area (Å²) in [6, 6.07) is 4.10. The summed E-state index contributed by atoms with van der Waals surface area (Å²) in [5.41, 5.74) is 1.15. The molecule has 0 aromatic carbocycles. The summed E-state index contributed by atoms with van der Waals surface area (Å²) in [5.74, 6) is 0.240. The van der Waals surface area contributed by atoms with E-state index in [-0.39, 0.29) is 18.0 Å². The first-order valence-corrected chi connectivity index (χ1v) is 7.17. The molecule has 0 bridgehead atoms. The SMILES string of the molecule is CCCNC1CCCN(C(C)c2ccncc2)C1=O. The third-order valence-corrected chi connectivity index (χ3v) is 3.77. The van der Waals surface area contributed by atoms with Gasteiger partial charge in [0.25, 0.3) is 0 Å². The maximum Gasteiger partial charge on any atom is 0.240 e. The molecule has 4 nitrogen and oxygen atoms in total. The fraction of sp³-hybridized carbons (Fsp3) is 0.600. The van der Waals surface area contributed by atoms with E-state index < -0.39 is 0 Å². The van der Waals surface area contributed by atoms with Crippen LogP contribution in [0, 0.1) is 0 Å². The lowest BCUT2D eigenvalue weighted by Gasteiger charge is -2.37. The van der Waals surface area contributed by atoms with E-state index in [1.807, 2.05) is 17.0 Å². The van der Waals surface area contributed by atoms with E-state index in [4.69, 9.17) is 0 Å². The number of amides is 1. The average molecular weight is 261 g/mol. The quantitative estimate of drug-likeness (QED) is 0.883. The highest BCUT2D eigenvalue weighted by Crippen LogP contribution is 2.24. The molecule has 2 rings (SSSR count). The van der Waals surface area contributed by atoms with Crippen molar-refractivity contribution in [2.75, 3.05) is 13.1 Å². The zero-order valence-corrected chi connectivity index (χ0v) is 11.8. The van der Waals surface area contributed by atoms with Gasteiger partial charge in [0.15, 0.2) is 0 Å². The number of likely N-dealkylation sites (tertiary alicyclic amines) is 1. The summed E-state index contributed by atoms with van der Waals surface area (Å²) in [6.45, 7) is 5.98. The highest BCUT2D eigenvalue weighted by molar-refractivity contribution is 5.83. The van der Waals surface area contributed by atoms with Crippen LogP contribution in [0.25, 0.3) is 0 Å². The topological polar surface area (TPSA) is 45.2 Å². The third-order valence-electron chi connectivity index (χ3n) is 3.77. The fourth-order valence-electron chi connectivity index (χ4n) is 2.61. The third kappa shape index (κ3) is 3.32. The smallest absolute Gasteiger partial charge is 0.240 e. The minimum Gasteiger partial charge on any atom is -0.335 e. The van der Waals surface area contributed by atoms with Crippen LogP contribution in [-0.2, 0) is 4.79 Å². The second-order valence-corrected chi connectivity index (χ2v) is 5.14. The van der Waals surface area contributed by atoms with Crippen molar-refractivity contribution in [1.82, 2.24) is 15.2 Å². The Kier molecular flexibility index (Phi) is 4.91.